The first-order chi connectivity index (χ1) is 8.83. The Hall–Kier alpha value is -0.570. The lowest BCUT2D eigenvalue weighted by atomic mass is 9.79. The van der Waals surface area contributed by atoms with Gasteiger partial charge in [0.05, 0.1) is 6.04 Å². The van der Waals surface area contributed by atoms with Crippen LogP contribution in [0.25, 0.3) is 0 Å². The second kappa shape index (κ2) is 4.22. The van der Waals surface area contributed by atoms with Crippen molar-refractivity contribution >= 4 is 5.91 Å². The molecule has 3 aliphatic carbocycles. The Balaban J connectivity index is 1.43. The van der Waals surface area contributed by atoms with E-state index in [1.165, 1.54) is 32.1 Å². The third kappa shape index (κ3) is 1.63. The molecule has 2 N–H and O–H groups in total. The molecule has 0 radical (unpaired) electrons. The Morgan fingerprint density at radius 2 is 1.89 bits per heavy atom. The number of hydrogen-bond donors (Lipinski definition) is 2. The van der Waals surface area contributed by atoms with Gasteiger partial charge in [0.2, 0.25) is 5.91 Å². The summed E-state index contributed by atoms with van der Waals surface area (Å²) in [7, 11) is 0. The maximum Gasteiger partial charge on any atom is 0.237 e. The van der Waals surface area contributed by atoms with Gasteiger partial charge in [-0.1, -0.05) is 6.42 Å². The van der Waals surface area contributed by atoms with Crippen molar-refractivity contribution in [3.05, 3.63) is 0 Å². The minimum atomic E-state index is 0.1000. The lowest BCUT2D eigenvalue weighted by Crippen LogP contribution is -2.53. The summed E-state index contributed by atoms with van der Waals surface area (Å²) in [6.45, 7) is 0.873. The number of fused-ring (bicyclic) bond motifs is 5. The maximum atomic E-state index is 11.8. The van der Waals surface area contributed by atoms with Gasteiger partial charge in [0.15, 0.2) is 0 Å². The quantitative estimate of drug-likeness (QED) is 0.780. The summed E-state index contributed by atoms with van der Waals surface area (Å²) in [5, 5.41) is 6.69. The Kier molecular flexibility index (Phi) is 2.65. The van der Waals surface area contributed by atoms with E-state index in [-0.39, 0.29) is 11.9 Å². The highest BCUT2D eigenvalue weighted by molar-refractivity contribution is 5.82. The number of carbonyl (C=O) groups is 1. The number of rotatable bonds is 2. The monoisotopic (exact) mass is 248 g/mol. The first kappa shape index (κ1) is 11.3. The molecule has 3 heteroatoms. The summed E-state index contributed by atoms with van der Waals surface area (Å²) in [6, 6.07) is 0.742. The molecule has 4 fully saturated rings. The van der Waals surface area contributed by atoms with Gasteiger partial charge in [-0.3, -0.25) is 4.79 Å². The van der Waals surface area contributed by atoms with Gasteiger partial charge in [0, 0.05) is 12.6 Å². The van der Waals surface area contributed by atoms with Crippen LogP contribution in [0.4, 0.5) is 0 Å². The van der Waals surface area contributed by atoms with Crippen molar-refractivity contribution in [1.29, 1.82) is 0 Å². The molecule has 2 bridgehead atoms. The Bertz CT molecular complexity index is 356. The molecule has 0 spiro atoms. The summed E-state index contributed by atoms with van der Waals surface area (Å²) in [5.74, 6) is 4.15. The molecule has 3 saturated carbocycles. The van der Waals surface area contributed by atoms with E-state index >= 15 is 0 Å². The van der Waals surface area contributed by atoms with Crippen LogP contribution in [0.1, 0.15) is 44.9 Å². The fourth-order valence-electron chi connectivity index (χ4n) is 5.45. The van der Waals surface area contributed by atoms with Crippen LogP contribution in [0.2, 0.25) is 0 Å². The van der Waals surface area contributed by atoms with Crippen molar-refractivity contribution in [3.63, 3.8) is 0 Å². The number of hydrogen-bond acceptors (Lipinski definition) is 2. The smallest absolute Gasteiger partial charge is 0.237 e. The third-order valence-electron chi connectivity index (χ3n) is 6.13. The normalized spacial score (nSPS) is 50.3. The Morgan fingerprint density at radius 3 is 2.78 bits per heavy atom. The van der Waals surface area contributed by atoms with Gasteiger partial charge in [0.1, 0.15) is 0 Å². The first-order valence-corrected chi connectivity index (χ1v) is 7.86. The molecule has 18 heavy (non-hydrogen) atoms. The molecule has 4 aliphatic rings. The average molecular weight is 248 g/mol. The van der Waals surface area contributed by atoms with Gasteiger partial charge in [-0.05, 0) is 62.2 Å². The molecular formula is C15H24N2O. The highest BCUT2D eigenvalue weighted by atomic mass is 16.2. The number of piperidine rings is 1. The number of carbonyl (C=O) groups excluding carboxylic acids is 1. The fourth-order valence-corrected chi connectivity index (χ4v) is 5.45. The van der Waals surface area contributed by atoms with Gasteiger partial charge in [-0.15, -0.1) is 0 Å². The van der Waals surface area contributed by atoms with Crippen molar-refractivity contribution in [2.24, 2.45) is 23.7 Å². The van der Waals surface area contributed by atoms with Crippen molar-refractivity contribution in [3.8, 4) is 0 Å². The van der Waals surface area contributed by atoms with Crippen molar-refractivity contribution in [2.45, 2.75) is 57.0 Å². The molecule has 0 aromatic rings. The lowest BCUT2D eigenvalue weighted by Gasteiger charge is -2.35. The highest BCUT2D eigenvalue weighted by Crippen LogP contribution is 2.58. The molecule has 100 valence electrons. The van der Waals surface area contributed by atoms with Crippen LogP contribution in [0.15, 0.2) is 0 Å². The number of nitrogens with one attached hydrogen (secondary N) is 2. The van der Waals surface area contributed by atoms with Gasteiger partial charge in [-0.25, -0.2) is 0 Å². The SMILES string of the molecule is O=C1NCCCC1NC1CC2CC1C1CCCC21. The zero-order valence-electron chi connectivity index (χ0n) is 11.0. The van der Waals surface area contributed by atoms with E-state index in [9.17, 15) is 4.79 Å². The van der Waals surface area contributed by atoms with E-state index in [1.54, 1.807) is 0 Å². The van der Waals surface area contributed by atoms with Crippen LogP contribution in [-0.4, -0.2) is 24.5 Å². The van der Waals surface area contributed by atoms with Crippen LogP contribution >= 0.6 is 0 Å². The van der Waals surface area contributed by atoms with Gasteiger partial charge < -0.3 is 10.6 Å². The standard InChI is InChI=1S/C15H24N2O/c18-15-13(5-2-6-16-15)17-14-8-9-7-12(14)11-4-1-3-10(9)11/h9-14,17H,1-8H2,(H,16,18). The van der Waals surface area contributed by atoms with Crippen LogP contribution in [-0.2, 0) is 4.79 Å². The van der Waals surface area contributed by atoms with E-state index in [0.29, 0.717) is 6.04 Å². The van der Waals surface area contributed by atoms with Crippen LogP contribution in [0.5, 0.6) is 0 Å². The predicted octanol–water partition coefficient (Wildman–Crippen LogP) is 1.68. The zero-order valence-corrected chi connectivity index (χ0v) is 11.0. The molecular weight excluding hydrogens is 224 g/mol. The summed E-state index contributed by atoms with van der Waals surface area (Å²) < 4.78 is 0. The van der Waals surface area contributed by atoms with Crippen molar-refractivity contribution < 1.29 is 4.79 Å². The molecule has 3 nitrogen and oxygen atoms in total. The first-order valence-electron chi connectivity index (χ1n) is 7.86. The van der Waals surface area contributed by atoms with Gasteiger partial charge >= 0.3 is 0 Å². The summed E-state index contributed by atoms with van der Waals surface area (Å²) in [4.78, 5) is 11.8. The van der Waals surface area contributed by atoms with Gasteiger partial charge in [0.25, 0.3) is 0 Å². The molecule has 6 atom stereocenters. The Morgan fingerprint density at radius 1 is 1.00 bits per heavy atom. The molecule has 4 rings (SSSR count). The second-order valence-corrected chi connectivity index (χ2v) is 6.91. The number of amides is 1. The van der Waals surface area contributed by atoms with E-state index in [4.69, 9.17) is 0 Å². The van der Waals surface area contributed by atoms with Crippen molar-refractivity contribution in [2.75, 3.05) is 6.54 Å². The topological polar surface area (TPSA) is 41.1 Å². The van der Waals surface area contributed by atoms with E-state index < -0.39 is 0 Å². The summed E-state index contributed by atoms with van der Waals surface area (Å²) in [6.07, 6.45) is 9.36. The molecule has 1 saturated heterocycles. The zero-order chi connectivity index (χ0) is 12.1. The van der Waals surface area contributed by atoms with Crippen LogP contribution < -0.4 is 10.6 Å². The van der Waals surface area contributed by atoms with E-state index in [2.05, 4.69) is 10.6 Å². The molecule has 6 unspecified atom stereocenters. The minimum absolute atomic E-state index is 0.1000. The molecule has 0 aromatic carbocycles. The molecule has 0 aromatic heterocycles. The fraction of sp³-hybridized carbons (Fsp3) is 0.933. The Labute approximate surface area is 109 Å². The average Bonchev–Trinajstić information content (AvgIpc) is 3.03. The summed E-state index contributed by atoms with van der Waals surface area (Å²) in [5.41, 5.74) is 0. The van der Waals surface area contributed by atoms with E-state index in [0.717, 1.165) is 43.1 Å². The maximum absolute atomic E-state index is 11.8. The van der Waals surface area contributed by atoms with E-state index in [1.807, 2.05) is 0 Å². The second-order valence-electron chi connectivity index (χ2n) is 6.91. The van der Waals surface area contributed by atoms with Crippen LogP contribution in [0.3, 0.4) is 0 Å². The third-order valence-corrected chi connectivity index (χ3v) is 6.13. The van der Waals surface area contributed by atoms with Crippen LogP contribution in [0, 0.1) is 23.7 Å². The molecule has 1 heterocycles. The van der Waals surface area contributed by atoms with Crippen molar-refractivity contribution in [1.82, 2.24) is 10.6 Å². The largest absolute Gasteiger partial charge is 0.355 e. The summed E-state index contributed by atoms with van der Waals surface area (Å²) >= 11 is 0. The predicted molar refractivity (Wildman–Crippen MR) is 70.0 cm³/mol. The lowest BCUT2D eigenvalue weighted by molar-refractivity contribution is -0.124. The minimum Gasteiger partial charge on any atom is -0.355 e. The molecule has 1 aliphatic heterocycles. The molecule has 1 amide bonds. The highest BCUT2D eigenvalue weighted by Gasteiger charge is 2.54. The van der Waals surface area contributed by atoms with Gasteiger partial charge in [-0.2, -0.15) is 0 Å².